The third kappa shape index (κ3) is 5.97. The standard InChI is InChI=1S/C25H29NO/c1-20-8-6-7-11-23(20)16-18-26-21(2)24-12-14-25(15-13-24)27-19-17-22-9-4-3-5-10-22/h3-15,21,26H,16-19H2,1-2H3. The molecule has 1 unspecified atom stereocenters. The van der Waals surface area contributed by atoms with E-state index in [1.165, 1.54) is 22.3 Å². The first-order chi connectivity index (χ1) is 13.2. The molecule has 0 spiro atoms. The summed E-state index contributed by atoms with van der Waals surface area (Å²) in [5, 5.41) is 3.62. The molecule has 0 saturated carbocycles. The first-order valence-electron chi connectivity index (χ1n) is 9.77. The Morgan fingerprint density at radius 3 is 2.26 bits per heavy atom. The van der Waals surface area contributed by atoms with Gasteiger partial charge in [0, 0.05) is 12.5 Å². The normalized spacial score (nSPS) is 11.9. The monoisotopic (exact) mass is 359 g/mol. The molecule has 3 aromatic rings. The molecule has 140 valence electrons. The fraction of sp³-hybridized carbons (Fsp3) is 0.280. The summed E-state index contributed by atoms with van der Waals surface area (Å²) < 4.78 is 5.88. The van der Waals surface area contributed by atoms with Gasteiger partial charge in [-0.25, -0.2) is 0 Å². The molecule has 0 heterocycles. The molecule has 0 aliphatic rings. The van der Waals surface area contributed by atoms with Crippen molar-refractivity contribution in [2.45, 2.75) is 32.7 Å². The first kappa shape index (κ1) is 19.2. The number of rotatable bonds is 9. The maximum absolute atomic E-state index is 5.88. The number of hydrogen-bond acceptors (Lipinski definition) is 2. The van der Waals surface area contributed by atoms with Crippen molar-refractivity contribution in [3.05, 3.63) is 101 Å². The lowest BCUT2D eigenvalue weighted by atomic mass is 10.0. The van der Waals surface area contributed by atoms with E-state index in [9.17, 15) is 0 Å². The van der Waals surface area contributed by atoms with Gasteiger partial charge in [0.05, 0.1) is 6.61 Å². The highest BCUT2D eigenvalue weighted by atomic mass is 16.5. The highest BCUT2D eigenvalue weighted by Gasteiger charge is 2.06. The van der Waals surface area contributed by atoms with Crippen LogP contribution in [-0.2, 0) is 12.8 Å². The van der Waals surface area contributed by atoms with Gasteiger partial charge < -0.3 is 10.1 Å². The molecule has 2 heteroatoms. The van der Waals surface area contributed by atoms with Crippen LogP contribution < -0.4 is 10.1 Å². The van der Waals surface area contributed by atoms with E-state index in [2.05, 4.69) is 92.0 Å². The van der Waals surface area contributed by atoms with Crippen LogP contribution >= 0.6 is 0 Å². The molecule has 0 aromatic heterocycles. The largest absolute Gasteiger partial charge is 0.493 e. The number of ether oxygens (including phenoxy) is 1. The van der Waals surface area contributed by atoms with Crippen LogP contribution in [0.15, 0.2) is 78.9 Å². The topological polar surface area (TPSA) is 21.3 Å². The Morgan fingerprint density at radius 1 is 0.815 bits per heavy atom. The van der Waals surface area contributed by atoms with Gasteiger partial charge in [0.15, 0.2) is 0 Å². The molecule has 27 heavy (non-hydrogen) atoms. The minimum absolute atomic E-state index is 0.326. The highest BCUT2D eigenvalue weighted by molar-refractivity contribution is 5.29. The molecule has 0 radical (unpaired) electrons. The second-order valence-electron chi connectivity index (χ2n) is 7.01. The highest BCUT2D eigenvalue weighted by Crippen LogP contribution is 2.18. The van der Waals surface area contributed by atoms with E-state index in [1.54, 1.807) is 0 Å². The summed E-state index contributed by atoms with van der Waals surface area (Å²) >= 11 is 0. The predicted octanol–water partition coefficient (Wildman–Crippen LogP) is 5.51. The van der Waals surface area contributed by atoms with Crippen molar-refractivity contribution in [3.63, 3.8) is 0 Å². The van der Waals surface area contributed by atoms with Crippen molar-refractivity contribution in [2.75, 3.05) is 13.2 Å². The van der Waals surface area contributed by atoms with Crippen molar-refractivity contribution in [3.8, 4) is 5.75 Å². The number of hydrogen-bond donors (Lipinski definition) is 1. The molecule has 3 aromatic carbocycles. The summed E-state index contributed by atoms with van der Waals surface area (Å²) in [5.41, 5.74) is 5.37. The maximum Gasteiger partial charge on any atom is 0.119 e. The Labute approximate surface area is 163 Å². The fourth-order valence-corrected chi connectivity index (χ4v) is 3.22. The molecule has 0 saturated heterocycles. The van der Waals surface area contributed by atoms with Crippen molar-refractivity contribution in [2.24, 2.45) is 0 Å². The lowest BCUT2D eigenvalue weighted by Gasteiger charge is -2.15. The third-order valence-corrected chi connectivity index (χ3v) is 4.99. The second-order valence-corrected chi connectivity index (χ2v) is 7.01. The van der Waals surface area contributed by atoms with E-state index < -0.39 is 0 Å². The Hall–Kier alpha value is -2.58. The summed E-state index contributed by atoms with van der Waals surface area (Å²) in [6.45, 7) is 6.06. The summed E-state index contributed by atoms with van der Waals surface area (Å²) in [4.78, 5) is 0. The number of nitrogens with one attached hydrogen (secondary N) is 1. The lowest BCUT2D eigenvalue weighted by Crippen LogP contribution is -2.21. The van der Waals surface area contributed by atoms with E-state index in [0.29, 0.717) is 12.6 Å². The molecule has 0 amide bonds. The van der Waals surface area contributed by atoms with Crippen molar-refractivity contribution in [1.82, 2.24) is 5.32 Å². The zero-order valence-corrected chi connectivity index (χ0v) is 16.3. The van der Waals surface area contributed by atoms with Gasteiger partial charge in [0.1, 0.15) is 5.75 Å². The molecule has 3 rings (SSSR count). The SMILES string of the molecule is Cc1ccccc1CCNC(C)c1ccc(OCCc2ccccc2)cc1. The van der Waals surface area contributed by atoms with Crippen molar-refractivity contribution >= 4 is 0 Å². The number of benzene rings is 3. The van der Waals surface area contributed by atoms with Gasteiger partial charge in [-0.1, -0.05) is 66.7 Å². The molecular weight excluding hydrogens is 330 g/mol. The quantitative estimate of drug-likeness (QED) is 0.544. The molecule has 0 fully saturated rings. The van der Waals surface area contributed by atoms with Crippen LogP contribution in [0.1, 0.15) is 35.2 Å². The summed E-state index contributed by atoms with van der Waals surface area (Å²) in [6, 6.07) is 27.8. The van der Waals surface area contributed by atoms with Crippen LogP contribution in [0.25, 0.3) is 0 Å². The Bertz CT molecular complexity index is 811. The Kier molecular flexibility index (Phi) is 7.06. The van der Waals surface area contributed by atoms with Gasteiger partial charge in [-0.05, 0) is 61.2 Å². The third-order valence-electron chi connectivity index (χ3n) is 4.99. The average molecular weight is 360 g/mol. The molecule has 1 atom stereocenters. The molecule has 2 nitrogen and oxygen atoms in total. The zero-order valence-electron chi connectivity index (χ0n) is 16.3. The first-order valence-corrected chi connectivity index (χ1v) is 9.77. The summed E-state index contributed by atoms with van der Waals surface area (Å²) in [6.07, 6.45) is 1.98. The minimum atomic E-state index is 0.326. The van der Waals surface area contributed by atoms with Crippen LogP contribution in [0.5, 0.6) is 5.75 Å². The minimum Gasteiger partial charge on any atom is -0.493 e. The van der Waals surface area contributed by atoms with E-state index in [4.69, 9.17) is 4.74 Å². The van der Waals surface area contributed by atoms with E-state index in [-0.39, 0.29) is 0 Å². The second kappa shape index (κ2) is 9.94. The molecule has 0 aliphatic carbocycles. The van der Waals surface area contributed by atoms with Gasteiger partial charge in [0.25, 0.3) is 0 Å². The maximum atomic E-state index is 5.88. The van der Waals surface area contributed by atoms with Crippen molar-refractivity contribution in [1.29, 1.82) is 0 Å². The van der Waals surface area contributed by atoms with Gasteiger partial charge >= 0.3 is 0 Å². The van der Waals surface area contributed by atoms with Crippen molar-refractivity contribution < 1.29 is 4.74 Å². The van der Waals surface area contributed by atoms with E-state index >= 15 is 0 Å². The molecule has 0 bridgehead atoms. The van der Waals surface area contributed by atoms with Gasteiger partial charge in [0.2, 0.25) is 0 Å². The lowest BCUT2D eigenvalue weighted by molar-refractivity contribution is 0.322. The summed E-state index contributed by atoms with van der Waals surface area (Å²) in [5.74, 6) is 0.932. The van der Waals surface area contributed by atoms with E-state index in [1.807, 2.05) is 6.07 Å². The smallest absolute Gasteiger partial charge is 0.119 e. The molecular formula is C25H29NO. The Morgan fingerprint density at radius 2 is 1.52 bits per heavy atom. The fourth-order valence-electron chi connectivity index (χ4n) is 3.22. The Balaban J connectivity index is 1.43. The predicted molar refractivity (Wildman–Crippen MR) is 113 cm³/mol. The summed E-state index contributed by atoms with van der Waals surface area (Å²) in [7, 11) is 0. The van der Waals surface area contributed by atoms with Gasteiger partial charge in [-0.3, -0.25) is 0 Å². The average Bonchev–Trinajstić information content (AvgIpc) is 2.71. The van der Waals surface area contributed by atoms with Crippen LogP contribution in [0, 0.1) is 6.92 Å². The molecule has 1 N–H and O–H groups in total. The van der Waals surface area contributed by atoms with Crippen LogP contribution in [0.3, 0.4) is 0 Å². The van der Waals surface area contributed by atoms with Gasteiger partial charge in [-0.2, -0.15) is 0 Å². The zero-order chi connectivity index (χ0) is 18.9. The van der Waals surface area contributed by atoms with Gasteiger partial charge in [-0.15, -0.1) is 0 Å². The molecule has 0 aliphatic heterocycles. The van der Waals surface area contributed by atoms with Crippen LogP contribution in [0.4, 0.5) is 0 Å². The van der Waals surface area contributed by atoms with Crippen LogP contribution in [0.2, 0.25) is 0 Å². The van der Waals surface area contributed by atoms with Crippen LogP contribution in [-0.4, -0.2) is 13.2 Å². The number of aryl methyl sites for hydroxylation is 1. The van der Waals surface area contributed by atoms with E-state index in [0.717, 1.165) is 25.1 Å².